The van der Waals surface area contributed by atoms with Crippen LogP contribution in [0.4, 0.5) is 0 Å². The minimum Gasteiger partial charge on any atom is -0.307 e. The Labute approximate surface area is 128 Å². The molecule has 3 aromatic heterocycles. The summed E-state index contributed by atoms with van der Waals surface area (Å²) in [7, 11) is 1.96. The van der Waals surface area contributed by atoms with Gasteiger partial charge in [-0.25, -0.2) is 9.97 Å². The Morgan fingerprint density at radius 3 is 2.71 bits per heavy atom. The number of rotatable bonds is 3. The highest BCUT2D eigenvalue weighted by atomic mass is 35.5. The van der Waals surface area contributed by atoms with E-state index >= 15 is 0 Å². The first-order valence-corrected chi connectivity index (χ1v) is 7.37. The molecule has 21 heavy (non-hydrogen) atoms. The van der Waals surface area contributed by atoms with Gasteiger partial charge in [-0.1, -0.05) is 0 Å². The average Bonchev–Trinajstić information content (AvgIpc) is 2.93. The van der Waals surface area contributed by atoms with Gasteiger partial charge >= 0.3 is 0 Å². The van der Waals surface area contributed by atoms with E-state index in [1.807, 2.05) is 37.7 Å². The van der Waals surface area contributed by atoms with Gasteiger partial charge in [0.05, 0.1) is 17.6 Å². The Balaban J connectivity index is 2.17. The van der Waals surface area contributed by atoms with Gasteiger partial charge < -0.3 is 4.57 Å². The van der Waals surface area contributed by atoms with Gasteiger partial charge in [0.15, 0.2) is 5.65 Å². The van der Waals surface area contributed by atoms with Crippen molar-refractivity contribution < 1.29 is 0 Å². The van der Waals surface area contributed by atoms with E-state index in [1.54, 1.807) is 6.20 Å². The summed E-state index contributed by atoms with van der Waals surface area (Å²) >= 11 is 6.30. The third-order valence-electron chi connectivity index (χ3n) is 3.86. The van der Waals surface area contributed by atoms with Crippen LogP contribution in [0, 0.1) is 13.8 Å². The van der Waals surface area contributed by atoms with Crippen LogP contribution in [-0.2, 0) is 13.6 Å². The Morgan fingerprint density at radius 1 is 1.33 bits per heavy atom. The molecule has 0 aliphatic heterocycles. The normalized spacial score (nSPS) is 13.0. The zero-order valence-electron chi connectivity index (χ0n) is 12.6. The van der Waals surface area contributed by atoms with Crippen LogP contribution >= 0.6 is 11.6 Å². The minimum absolute atomic E-state index is 0.170. The van der Waals surface area contributed by atoms with Gasteiger partial charge in [-0.05, 0) is 32.9 Å². The number of imidazole rings is 1. The summed E-state index contributed by atoms with van der Waals surface area (Å²) in [5.74, 6) is 0.841. The molecule has 3 aromatic rings. The highest BCUT2D eigenvalue weighted by molar-refractivity contribution is 6.20. The van der Waals surface area contributed by atoms with E-state index in [1.165, 1.54) is 5.56 Å². The van der Waals surface area contributed by atoms with Crippen molar-refractivity contribution in [3.63, 3.8) is 0 Å². The van der Waals surface area contributed by atoms with Crippen molar-refractivity contribution in [3.05, 3.63) is 41.1 Å². The second kappa shape index (κ2) is 5.15. The maximum Gasteiger partial charge on any atom is 0.160 e. The molecule has 0 spiro atoms. The lowest BCUT2D eigenvalue weighted by molar-refractivity contribution is 0.717. The van der Waals surface area contributed by atoms with E-state index in [0.29, 0.717) is 6.54 Å². The monoisotopic (exact) mass is 303 g/mol. The number of aryl methyl sites for hydroxylation is 2. The Kier molecular flexibility index (Phi) is 3.45. The highest BCUT2D eigenvalue weighted by Crippen LogP contribution is 2.25. The molecule has 0 N–H and O–H groups in total. The van der Waals surface area contributed by atoms with E-state index < -0.39 is 0 Å². The fourth-order valence-corrected chi connectivity index (χ4v) is 2.81. The summed E-state index contributed by atoms with van der Waals surface area (Å²) < 4.78 is 3.99. The molecular weight excluding hydrogens is 286 g/mol. The van der Waals surface area contributed by atoms with E-state index in [0.717, 1.165) is 28.4 Å². The van der Waals surface area contributed by atoms with Crippen LogP contribution in [0.5, 0.6) is 0 Å². The summed E-state index contributed by atoms with van der Waals surface area (Å²) in [6.07, 6.45) is 1.78. The number of nitrogens with zero attached hydrogens (tertiary/aromatic N) is 5. The van der Waals surface area contributed by atoms with Crippen LogP contribution in [0.15, 0.2) is 18.3 Å². The van der Waals surface area contributed by atoms with E-state index in [2.05, 4.69) is 26.6 Å². The Morgan fingerprint density at radius 2 is 2.10 bits per heavy atom. The number of fused-ring (bicyclic) bond motifs is 1. The van der Waals surface area contributed by atoms with Gasteiger partial charge in [0.2, 0.25) is 0 Å². The maximum absolute atomic E-state index is 6.30. The van der Waals surface area contributed by atoms with Gasteiger partial charge in [0, 0.05) is 24.5 Å². The van der Waals surface area contributed by atoms with Crippen LogP contribution in [0.3, 0.4) is 0 Å². The number of alkyl halides is 1. The van der Waals surface area contributed by atoms with Crippen molar-refractivity contribution in [1.82, 2.24) is 24.3 Å². The molecule has 6 heteroatoms. The van der Waals surface area contributed by atoms with Crippen molar-refractivity contribution in [3.8, 4) is 0 Å². The summed E-state index contributed by atoms with van der Waals surface area (Å²) in [5.41, 5.74) is 5.11. The average molecular weight is 304 g/mol. The summed E-state index contributed by atoms with van der Waals surface area (Å²) in [5, 5.41) is 4.31. The van der Waals surface area contributed by atoms with Crippen molar-refractivity contribution in [2.75, 3.05) is 0 Å². The fourth-order valence-electron chi connectivity index (χ4n) is 2.64. The topological polar surface area (TPSA) is 48.5 Å². The highest BCUT2D eigenvalue weighted by Gasteiger charge is 2.18. The van der Waals surface area contributed by atoms with Crippen molar-refractivity contribution in [1.29, 1.82) is 0 Å². The molecule has 0 amide bonds. The van der Waals surface area contributed by atoms with E-state index in [4.69, 9.17) is 11.6 Å². The van der Waals surface area contributed by atoms with Gasteiger partial charge in [-0.3, -0.25) is 4.68 Å². The summed E-state index contributed by atoms with van der Waals surface area (Å²) in [6, 6.07) is 3.85. The first kappa shape index (κ1) is 14.1. The second-order valence-electron chi connectivity index (χ2n) is 5.29. The smallest absolute Gasteiger partial charge is 0.160 e. The molecule has 5 nitrogen and oxygen atoms in total. The predicted molar refractivity (Wildman–Crippen MR) is 83.6 cm³/mol. The SMILES string of the molecule is Cc1nn(C)c(C)c1Cn1c(C(C)Cl)nc2cccnc21. The maximum atomic E-state index is 6.30. The Bertz CT molecular complexity index is 800. The molecule has 0 saturated carbocycles. The van der Waals surface area contributed by atoms with Crippen LogP contribution < -0.4 is 0 Å². The third-order valence-corrected chi connectivity index (χ3v) is 4.06. The molecule has 0 aliphatic rings. The molecule has 1 atom stereocenters. The standard InChI is InChI=1S/C15H18ClN5/c1-9(16)14-18-13-6-5-7-17-15(13)21(14)8-12-10(2)19-20(4)11(12)3/h5-7,9H,8H2,1-4H3. The molecule has 0 aromatic carbocycles. The zero-order chi connectivity index (χ0) is 15.1. The number of halogens is 1. The van der Waals surface area contributed by atoms with Gasteiger partial charge in [-0.2, -0.15) is 5.10 Å². The predicted octanol–water partition coefficient (Wildman–Crippen LogP) is 3.13. The van der Waals surface area contributed by atoms with Crippen LogP contribution in [0.25, 0.3) is 11.2 Å². The van der Waals surface area contributed by atoms with Crippen molar-refractivity contribution in [2.24, 2.45) is 7.05 Å². The van der Waals surface area contributed by atoms with Crippen LogP contribution in [0.2, 0.25) is 0 Å². The van der Waals surface area contributed by atoms with Crippen LogP contribution in [-0.4, -0.2) is 24.3 Å². The molecule has 0 saturated heterocycles. The second-order valence-corrected chi connectivity index (χ2v) is 5.95. The quantitative estimate of drug-likeness (QED) is 0.698. The molecule has 0 bridgehead atoms. The lowest BCUT2D eigenvalue weighted by Gasteiger charge is -2.10. The molecule has 1 unspecified atom stereocenters. The van der Waals surface area contributed by atoms with Gasteiger partial charge in [-0.15, -0.1) is 11.6 Å². The molecule has 3 rings (SSSR count). The largest absolute Gasteiger partial charge is 0.307 e. The number of aromatic nitrogens is 5. The lowest BCUT2D eigenvalue weighted by Crippen LogP contribution is -2.08. The van der Waals surface area contributed by atoms with E-state index in [-0.39, 0.29) is 5.38 Å². The minimum atomic E-state index is -0.170. The lowest BCUT2D eigenvalue weighted by atomic mass is 10.2. The molecule has 3 heterocycles. The molecule has 0 fully saturated rings. The van der Waals surface area contributed by atoms with Gasteiger partial charge in [0.25, 0.3) is 0 Å². The zero-order valence-corrected chi connectivity index (χ0v) is 13.4. The first-order chi connectivity index (χ1) is 9.99. The number of hydrogen-bond donors (Lipinski definition) is 0. The molecule has 110 valence electrons. The fraction of sp³-hybridized carbons (Fsp3) is 0.400. The third kappa shape index (κ3) is 2.31. The van der Waals surface area contributed by atoms with Crippen molar-refractivity contribution in [2.45, 2.75) is 32.7 Å². The molecule has 0 aliphatic carbocycles. The molecular formula is C15H18ClN5. The van der Waals surface area contributed by atoms with Crippen LogP contribution in [0.1, 0.15) is 35.1 Å². The summed E-state index contributed by atoms with van der Waals surface area (Å²) in [6.45, 7) is 6.72. The number of hydrogen-bond acceptors (Lipinski definition) is 3. The van der Waals surface area contributed by atoms with E-state index in [9.17, 15) is 0 Å². The first-order valence-electron chi connectivity index (χ1n) is 6.93. The van der Waals surface area contributed by atoms with Gasteiger partial charge in [0.1, 0.15) is 11.3 Å². The number of pyridine rings is 1. The molecule has 0 radical (unpaired) electrons. The summed E-state index contributed by atoms with van der Waals surface area (Å²) in [4.78, 5) is 9.08. The Hall–Kier alpha value is -1.88. The van der Waals surface area contributed by atoms with Crippen molar-refractivity contribution >= 4 is 22.8 Å².